The van der Waals surface area contributed by atoms with Crippen LogP contribution in [0.3, 0.4) is 0 Å². The molecule has 0 aromatic heterocycles. The van der Waals surface area contributed by atoms with E-state index in [1.54, 1.807) is 6.07 Å². The van der Waals surface area contributed by atoms with Gasteiger partial charge in [-0.05, 0) is 74.9 Å². The van der Waals surface area contributed by atoms with E-state index in [1.807, 2.05) is 11.0 Å². The number of carbonyl (C=O) groups is 1. The van der Waals surface area contributed by atoms with Gasteiger partial charge in [0.2, 0.25) is 0 Å². The van der Waals surface area contributed by atoms with Crippen LogP contribution in [0.2, 0.25) is 0 Å². The maximum absolute atomic E-state index is 13.9. The molecule has 22 heavy (non-hydrogen) atoms. The number of hydrogen-bond donors (Lipinski definition) is 1. The Morgan fingerprint density at radius 2 is 1.77 bits per heavy atom. The number of piperidine rings is 2. The molecule has 2 aliphatic rings. The molecule has 0 atom stereocenters. The molecule has 1 N–H and O–H groups in total. The van der Waals surface area contributed by atoms with Gasteiger partial charge in [0.25, 0.3) is 5.91 Å². The predicted molar refractivity (Wildman–Crippen MR) is 88.2 cm³/mol. The van der Waals surface area contributed by atoms with E-state index in [2.05, 4.69) is 5.32 Å². The zero-order valence-corrected chi connectivity index (χ0v) is 13.6. The summed E-state index contributed by atoms with van der Waals surface area (Å²) >= 11 is 0. The van der Waals surface area contributed by atoms with Gasteiger partial charge in [0.15, 0.2) is 0 Å². The van der Waals surface area contributed by atoms with Gasteiger partial charge >= 0.3 is 0 Å². The first-order valence-corrected chi connectivity index (χ1v) is 8.04. The minimum Gasteiger partial charge on any atom is -0.339 e. The second kappa shape index (κ2) is 7.93. The quantitative estimate of drug-likeness (QED) is 0.904. The van der Waals surface area contributed by atoms with E-state index in [9.17, 15) is 9.18 Å². The van der Waals surface area contributed by atoms with E-state index in [0.717, 1.165) is 57.4 Å². The Kier molecular flexibility index (Phi) is 6.21. The maximum atomic E-state index is 13.9. The average molecular weight is 327 g/mol. The number of benzene rings is 1. The third-order valence-corrected chi connectivity index (χ3v) is 4.62. The number of carbonyl (C=O) groups excluding carboxylic acids is 1. The average Bonchev–Trinajstić information content (AvgIpc) is 2.55. The highest BCUT2D eigenvalue weighted by atomic mass is 35.5. The molecule has 1 amide bonds. The van der Waals surface area contributed by atoms with Crippen LogP contribution < -0.4 is 5.32 Å². The highest BCUT2D eigenvalue weighted by Gasteiger charge is 2.21. The maximum Gasteiger partial charge on any atom is 0.253 e. The largest absolute Gasteiger partial charge is 0.339 e. The number of nitrogens with one attached hydrogen (secondary N) is 1. The van der Waals surface area contributed by atoms with E-state index in [-0.39, 0.29) is 24.1 Å². The van der Waals surface area contributed by atoms with Gasteiger partial charge in [-0.2, -0.15) is 0 Å². The Morgan fingerprint density at radius 3 is 2.45 bits per heavy atom. The van der Waals surface area contributed by atoms with E-state index >= 15 is 0 Å². The summed E-state index contributed by atoms with van der Waals surface area (Å²) in [5, 5.41) is 3.32. The molecule has 0 unspecified atom stereocenters. The molecular weight excluding hydrogens is 303 g/mol. The van der Waals surface area contributed by atoms with Gasteiger partial charge in [0.1, 0.15) is 5.82 Å². The first-order valence-electron chi connectivity index (χ1n) is 8.04. The van der Waals surface area contributed by atoms with Crippen molar-refractivity contribution in [1.29, 1.82) is 0 Å². The third-order valence-electron chi connectivity index (χ3n) is 4.62. The standard InChI is InChI=1S/C17H23FN2O.ClH/c18-16-11-14(13-4-6-19-7-5-13)10-15(12-16)17(21)20-8-2-1-3-9-20;/h10-13,19H,1-9H2;1H. The summed E-state index contributed by atoms with van der Waals surface area (Å²) in [7, 11) is 0. The van der Waals surface area contributed by atoms with Gasteiger partial charge < -0.3 is 10.2 Å². The van der Waals surface area contributed by atoms with Crippen molar-refractivity contribution in [1.82, 2.24) is 10.2 Å². The molecule has 3 nitrogen and oxygen atoms in total. The summed E-state index contributed by atoms with van der Waals surface area (Å²) in [6.07, 6.45) is 5.33. The van der Waals surface area contributed by atoms with Crippen molar-refractivity contribution in [2.24, 2.45) is 0 Å². The summed E-state index contributed by atoms with van der Waals surface area (Å²) in [6, 6.07) is 4.90. The highest BCUT2D eigenvalue weighted by molar-refractivity contribution is 5.94. The Balaban J connectivity index is 0.00000176. The molecule has 0 aliphatic carbocycles. The van der Waals surface area contributed by atoms with Gasteiger partial charge in [-0.1, -0.05) is 0 Å². The van der Waals surface area contributed by atoms with Crippen LogP contribution in [0.5, 0.6) is 0 Å². The van der Waals surface area contributed by atoms with Crippen molar-refractivity contribution < 1.29 is 9.18 Å². The second-order valence-corrected chi connectivity index (χ2v) is 6.15. The van der Waals surface area contributed by atoms with Crippen molar-refractivity contribution in [3.05, 3.63) is 35.1 Å². The van der Waals surface area contributed by atoms with E-state index in [4.69, 9.17) is 0 Å². The molecule has 1 aromatic carbocycles. The lowest BCUT2D eigenvalue weighted by Crippen LogP contribution is -2.35. The Bertz CT molecular complexity index is 511. The fourth-order valence-corrected chi connectivity index (χ4v) is 3.41. The van der Waals surface area contributed by atoms with Crippen LogP contribution in [0.1, 0.15) is 53.9 Å². The number of likely N-dealkylation sites (tertiary alicyclic amines) is 1. The van der Waals surface area contributed by atoms with Gasteiger partial charge in [0, 0.05) is 18.7 Å². The molecule has 0 saturated carbocycles. The molecule has 2 fully saturated rings. The summed E-state index contributed by atoms with van der Waals surface area (Å²) < 4.78 is 13.9. The molecule has 3 rings (SSSR count). The Labute approximate surface area is 137 Å². The lowest BCUT2D eigenvalue weighted by molar-refractivity contribution is 0.0723. The monoisotopic (exact) mass is 326 g/mol. The van der Waals surface area contributed by atoms with Crippen LogP contribution in [0.4, 0.5) is 4.39 Å². The Hall–Kier alpha value is -1.13. The molecule has 122 valence electrons. The summed E-state index contributed by atoms with van der Waals surface area (Å²) in [4.78, 5) is 14.4. The van der Waals surface area contributed by atoms with Crippen LogP contribution in [0, 0.1) is 5.82 Å². The molecule has 2 heterocycles. The first-order chi connectivity index (χ1) is 10.2. The fraction of sp³-hybridized carbons (Fsp3) is 0.588. The summed E-state index contributed by atoms with van der Waals surface area (Å²) in [5.74, 6) is 0.0747. The van der Waals surface area contributed by atoms with E-state index in [1.165, 1.54) is 12.5 Å². The molecular formula is C17H24ClFN2O. The fourth-order valence-electron chi connectivity index (χ4n) is 3.41. The predicted octanol–water partition coefficient (Wildman–Crippen LogP) is 3.34. The van der Waals surface area contributed by atoms with Crippen LogP contribution in [0.25, 0.3) is 0 Å². The van der Waals surface area contributed by atoms with E-state index < -0.39 is 0 Å². The lowest BCUT2D eigenvalue weighted by atomic mass is 9.89. The molecule has 1 aromatic rings. The molecule has 5 heteroatoms. The summed E-state index contributed by atoms with van der Waals surface area (Å²) in [5.41, 5.74) is 1.50. The van der Waals surface area contributed by atoms with Crippen LogP contribution in [-0.4, -0.2) is 37.0 Å². The third kappa shape index (κ3) is 3.99. The number of rotatable bonds is 2. The first kappa shape index (κ1) is 17.2. The SMILES string of the molecule is Cl.O=C(c1cc(F)cc(C2CCNCC2)c1)N1CCCCC1. The molecule has 0 bridgehead atoms. The van der Waals surface area contributed by atoms with Gasteiger partial charge in [0.05, 0.1) is 0 Å². The number of halogens is 2. The van der Waals surface area contributed by atoms with Gasteiger partial charge in [-0.25, -0.2) is 4.39 Å². The van der Waals surface area contributed by atoms with Crippen LogP contribution >= 0.6 is 12.4 Å². The smallest absolute Gasteiger partial charge is 0.253 e. The Morgan fingerprint density at radius 1 is 1.09 bits per heavy atom. The van der Waals surface area contributed by atoms with Crippen molar-refractivity contribution in [2.75, 3.05) is 26.2 Å². The lowest BCUT2D eigenvalue weighted by Gasteiger charge is -2.27. The number of hydrogen-bond acceptors (Lipinski definition) is 2. The van der Waals surface area contributed by atoms with Crippen molar-refractivity contribution >= 4 is 18.3 Å². The number of nitrogens with zero attached hydrogens (tertiary/aromatic N) is 1. The number of amides is 1. The molecule has 2 saturated heterocycles. The van der Waals surface area contributed by atoms with Crippen LogP contribution in [0.15, 0.2) is 18.2 Å². The zero-order chi connectivity index (χ0) is 14.7. The minimum absolute atomic E-state index is 0. The normalized spacial score (nSPS) is 19.6. The highest BCUT2D eigenvalue weighted by Crippen LogP contribution is 2.27. The van der Waals surface area contributed by atoms with Gasteiger partial charge in [-0.3, -0.25) is 4.79 Å². The van der Waals surface area contributed by atoms with E-state index in [0.29, 0.717) is 11.5 Å². The van der Waals surface area contributed by atoms with Crippen molar-refractivity contribution in [3.63, 3.8) is 0 Å². The zero-order valence-electron chi connectivity index (χ0n) is 12.8. The molecule has 0 radical (unpaired) electrons. The minimum atomic E-state index is -0.286. The van der Waals surface area contributed by atoms with Crippen molar-refractivity contribution in [2.45, 2.75) is 38.0 Å². The van der Waals surface area contributed by atoms with Crippen LogP contribution in [-0.2, 0) is 0 Å². The van der Waals surface area contributed by atoms with Gasteiger partial charge in [-0.15, -0.1) is 12.4 Å². The summed E-state index contributed by atoms with van der Waals surface area (Å²) in [6.45, 7) is 3.54. The molecule has 2 aliphatic heterocycles. The van der Waals surface area contributed by atoms with Crippen molar-refractivity contribution in [3.8, 4) is 0 Å². The molecule has 0 spiro atoms. The second-order valence-electron chi connectivity index (χ2n) is 6.15. The topological polar surface area (TPSA) is 32.3 Å².